The van der Waals surface area contributed by atoms with Gasteiger partial charge in [0.1, 0.15) is 0 Å². The molecule has 1 saturated heterocycles. The lowest BCUT2D eigenvalue weighted by molar-refractivity contribution is 0.220. The zero-order valence-electron chi connectivity index (χ0n) is 12.2. The number of nitrogens with zero attached hydrogens (tertiary/aromatic N) is 2. The zero-order valence-corrected chi connectivity index (χ0v) is 12.2. The van der Waals surface area contributed by atoms with Crippen LogP contribution in [0.3, 0.4) is 0 Å². The topological polar surface area (TPSA) is 45.2 Å². The summed E-state index contributed by atoms with van der Waals surface area (Å²) in [6.07, 6.45) is 4.49. The Morgan fingerprint density at radius 1 is 1.32 bits per heavy atom. The molecule has 1 unspecified atom stereocenters. The van der Waals surface area contributed by atoms with Crippen LogP contribution in [-0.2, 0) is 6.42 Å². The van der Waals surface area contributed by atoms with Crippen molar-refractivity contribution in [3.05, 3.63) is 60.2 Å². The van der Waals surface area contributed by atoms with Crippen LogP contribution in [0.2, 0.25) is 0 Å². The SMILES string of the molecule is O=C(Nc1ccncc1F)N1CCC(Cc2ccccc2)C1. The first kappa shape index (κ1) is 14.5. The average Bonchev–Trinajstić information content (AvgIpc) is 2.99. The van der Waals surface area contributed by atoms with Crippen molar-refractivity contribution >= 4 is 11.7 Å². The van der Waals surface area contributed by atoms with E-state index in [1.54, 1.807) is 4.90 Å². The predicted molar refractivity (Wildman–Crippen MR) is 83.0 cm³/mol. The number of urea groups is 1. The third-order valence-electron chi connectivity index (χ3n) is 3.95. The molecule has 1 atom stereocenters. The second-order valence-electron chi connectivity index (χ2n) is 5.58. The fourth-order valence-corrected chi connectivity index (χ4v) is 2.80. The van der Waals surface area contributed by atoms with Crippen LogP contribution in [-0.4, -0.2) is 29.0 Å². The van der Waals surface area contributed by atoms with Crippen LogP contribution in [0.4, 0.5) is 14.9 Å². The van der Waals surface area contributed by atoms with Gasteiger partial charge < -0.3 is 10.2 Å². The summed E-state index contributed by atoms with van der Waals surface area (Å²) < 4.78 is 13.5. The Kier molecular flexibility index (Phi) is 4.32. The number of aromatic nitrogens is 1. The van der Waals surface area contributed by atoms with Crippen molar-refractivity contribution < 1.29 is 9.18 Å². The van der Waals surface area contributed by atoms with E-state index in [4.69, 9.17) is 0 Å². The number of nitrogens with one attached hydrogen (secondary N) is 1. The van der Waals surface area contributed by atoms with Gasteiger partial charge in [-0.25, -0.2) is 9.18 Å². The summed E-state index contributed by atoms with van der Waals surface area (Å²) in [7, 11) is 0. The molecule has 1 N–H and O–H groups in total. The van der Waals surface area contributed by atoms with Crippen LogP contribution >= 0.6 is 0 Å². The van der Waals surface area contributed by atoms with Crippen LogP contribution in [0.5, 0.6) is 0 Å². The van der Waals surface area contributed by atoms with Gasteiger partial charge in [0, 0.05) is 19.3 Å². The van der Waals surface area contributed by atoms with E-state index in [1.165, 1.54) is 17.8 Å². The molecule has 0 radical (unpaired) electrons. The van der Waals surface area contributed by atoms with E-state index in [9.17, 15) is 9.18 Å². The quantitative estimate of drug-likeness (QED) is 0.945. The first-order valence-electron chi connectivity index (χ1n) is 7.42. The lowest BCUT2D eigenvalue weighted by Crippen LogP contribution is -2.33. The van der Waals surface area contributed by atoms with Gasteiger partial charge >= 0.3 is 6.03 Å². The van der Waals surface area contributed by atoms with Crippen LogP contribution < -0.4 is 5.32 Å². The highest BCUT2D eigenvalue weighted by Crippen LogP contribution is 2.22. The number of amides is 2. The highest BCUT2D eigenvalue weighted by atomic mass is 19.1. The minimum absolute atomic E-state index is 0.173. The molecule has 0 aliphatic carbocycles. The molecule has 114 valence electrons. The van der Waals surface area contributed by atoms with Gasteiger partial charge in [-0.1, -0.05) is 30.3 Å². The zero-order chi connectivity index (χ0) is 15.4. The molecule has 22 heavy (non-hydrogen) atoms. The van der Waals surface area contributed by atoms with E-state index < -0.39 is 5.82 Å². The highest BCUT2D eigenvalue weighted by Gasteiger charge is 2.26. The van der Waals surface area contributed by atoms with Gasteiger partial charge in [0.25, 0.3) is 0 Å². The summed E-state index contributed by atoms with van der Waals surface area (Å²) in [5.74, 6) is -0.0636. The minimum Gasteiger partial charge on any atom is -0.324 e. The van der Waals surface area contributed by atoms with E-state index in [0.29, 0.717) is 19.0 Å². The molecule has 0 bridgehead atoms. The molecule has 2 amide bonds. The number of halogens is 1. The van der Waals surface area contributed by atoms with E-state index in [1.807, 2.05) is 18.2 Å². The molecule has 1 aliphatic heterocycles. The normalized spacial score (nSPS) is 17.5. The van der Waals surface area contributed by atoms with Gasteiger partial charge in [-0.3, -0.25) is 4.98 Å². The molecular formula is C17H18FN3O. The molecule has 1 fully saturated rings. The summed E-state index contributed by atoms with van der Waals surface area (Å²) in [5, 5.41) is 2.61. The molecule has 2 heterocycles. The molecule has 1 aromatic heterocycles. The molecule has 5 heteroatoms. The van der Waals surface area contributed by atoms with Gasteiger partial charge in [0.05, 0.1) is 11.9 Å². The average molecular weight is 299 g/mol. The maximum atomic E-state index is 13.5. The molecule has 1 aliphatic rings. The Morgan fingerprint density at radius 3 is 2.91 bits per heavy atom. The Labute approximate surface area is 129 Å². The maximum absolute atomic E-state index is 13.5. The summed E-state index contributed by atoms with van der Waals surface area (Å²) in [6, 6.07) is 11.5. The Hall–Kier alpha value is -2.43. The van der Waals surface area contributed by atoms with E-state index in [0.717, 1.165) is 19.0 Å². The van der Waals surface area contributed by atoms with Crippen molar-refractivity contribution in [3.8, 4) is 0 Å². The molecule has 0 spiro atoms. The standard InChI is InChI=1S/C17H18FN3O/c18-15-11-19-8-6-16(15)20-17(22)21-9-7-14(12-21)10-13-4-2-1-3-5-13/h1-6,8,11,14H,7,9-10,12H2,(H,19,20,22). The number of anilines is 1. The number of carbonyl (C=O) groups is 1. The summed E-state index contributed by atoms with van der Waals surface area (Å²) in [4.78, 5) is 17.6. The lowest BCUT2D eigenvalue weighted by Gasteiger charge is -2.17. The van der Waals surface area contributed by atoms with E-state index in [2.05, 4.69) is 22.4 Å². The highest BCUT2D eigenvalue weighted by molar-refractivity contribution is 5.89. The smallest absolute Gasteiger partial charge is 0.321 e. The number of carbonyl (C=O) groups excluding carboxylic acids is 1. The van der Waals surface area contributed by atoms with Crippen LogP contribution in [0.15, 0.2) is 48.8 Å². The molecule has 4 nitrogen and oxygen atoms in total. The number of hydrogen-bond acceptors (Lipinski definition) is 2. The summed E-state index contributed by atoms with van der Waals surface area (Å²) in [6.45, 7) is 1.41. The Morgan fingerprint density at radius 2 is 2.14 bits per heavy atom. The molecule has 0 saturated carbocycles. The van der Waals surface area contributed by atoms with Gasteiger partial charge in [0.15, 0.2) is 5.82 Å². The fraction of sp³-hybridized carbons (Fsp3) is 0.294. The predicted octanol–water partition coefficient (Wildman–Crippen LogP) is 3.32. The number of hydrogen-bond donors (Lipinski definition) is 1. The molecular weight excluding hydrogens is 281 g/mol. The van der Waals surface area contributed by atoms with Gasteiger partial charge in [0.2, 0.25) is 0 Å². The maximum Gasteiger partial charge on any atom is 0.321 e. The van der Waals surface area contributed by atoms with Crippen molar-refractivity contribution in [3.63, 3.8) is 0 Å². The number of pyridine rings is 1. The Balaban J connectivity index is 1.56. The number of rotatable bonds is 3. The van der Waals surface area contributed by atoms with Crippen LogP contribution in [0.25, 0.3) is 0 Å². The van der Waals surface area contributed by atoms with Crippen molar-refractivity contribution in [2.45, 2.75) is 12.8 Å². The third kappa shape index (κ3) is 3.42. The van der Waals surface area contributed by atoms with Gasteiger partial charge in [-0.15, -0.1) is 0 Å². The van der Waals surface area contributed by atoms with Crippen molar-refractivity contribution in [2.75, 3.05) is 18.4 Å². The summed E-state index contributed by atoms with van der Waals surface area (Å²) >= 11 is 0. The van der Waals surface area contributed by atoms with E-state index >= 15 is 0 Å². The molecule has 2 aromatic rings. The van der Waals surface area contributed by atoms with Crippen molar-refractivity contribution in [1.82, 2.24) is 9.88 Å². The number of benzene rings is 1. The molecule has 1 aromatic carbocycles. The lowest BCUT2D eigenvalue weighted by atomic mass is 9.99. The first-order valence-corrected chi connectivity index (χ1v) is 7.42. The van der Waals surface area contributed by atoms with Crippen LogP contribution in [0.1, 0.15) is 12.0 Å². The summed E-state index contributed by atoms with van der Waals surface area (Å²) in [5.41, 5.74) is 1.46. The number of likely N-dealkylation sites (tertiary alicyclic amines) is 1. The second-order valence-corrected chi connectivity index (χ2v) is 5.58. The van der Waals surface area contributed by atoms with Crippen molar-refractivity contribution in [2.24, 2.45) is 5.92 Å². The third-order valence-corrected chi connectivity index (χ3v) is 3.95. The Bertz CT molecular complexity index is 647. The second kappa shape index (κ2) is 6.56. The monoisotopic (exact) mass is 299 g/mol. The molecule has 3 rings (SSSR count). The first-order chi connectivity index (χ1) is 10.7. The van der Waals surface area contributed by atoms with Crippen molar-refractivity contribution in [1.29, 1.82) is 0 Å². The minimum atomic E-state index is -0.518. The van der Waals surface area contributed by atoms with Crippen LogP contribution in [0, 0.1) is 11.7 Å². The van der Waals surface area contributed by atoms with Gasteiger partial charge in [-0.2, -0.15) is 0 Å². The van der Waals surface area contributed by atoms with E-state index in [-0.39, 0.29) is 11.7 Å². The van der Waals surface area contributed by atoms with Gasteiger partial charge in [-0.05, 0) is 30.4 Å². The fourth-order valence-electron chi connectivity index (χ4n) is 2.80. The largest absolute Gasteiger partial charge is 0.324 e.